The number of hydrogen-bond donors (Lipinski definition) is 2. The highest BCUT2D eigenvalue weighted by Crippen LogP contribution is 2.25. The predicted molar refractivity (Wildman–Crippen MR) is 53.6 cm³/mol. The summed E-state index contributed by atoms with van der Waals surface area (Å²) in [7, 11) is 1.68. The molecule has 0 radical (unpaired) electrons. The number of nitrogens with one attached hydrogen (secondary N) is 1. The number of alkyl halides is 3. The number of rotatable bonds is 4. The molecule has 0 fully saturated rings. The van der Waals surface area contributed by atoms with E-state index in [1.165, 1.54) is 4.68 Å². The third kappa shape index (κ3) is 3.12. The smallest absolute Gasteiger partial charge is 0.272 e. The zero-order valence-corrected chi connectivity index (χ0v) is 9.22. The number of nitrogens with zero attached hydrogens (tertiary/aromatic N) is 2. The van der Waals surface area contributed by atoms with Crippen molar-refractivity contribution < 1.29 is 8.78 Å². The molecule has 86 valence electrons. The molecule has 1 atom stereocenters. The van der Waals surface area contributed by atoms with Crippen molar-refractivity contribution in [3.8, 4) is 0 Å². The van der Waals surface area contributed by atoms with E-state index in [0.29, 0.717) is 5.69 Å². The second kappa shape index (κ2) is 4.42. The van der Waals surface area contributed by atoms with E-state index in [1.807, 2.05) is 5.43 Å². The van der Waals surface area contributed by atoms with Crippen molar-refractivity contribution in [3.05, 3.63) is 17.5 Å². The van der Waals surface area contributed by atoms with Crippen LogP contribution in [0.1, 0.15) is 11.4 Å². The average Bonchev–Trinajstić information content (AvgIpc) is 2.38. The molecule has 1 rings (SSSR count). The molecule has 1 unspecified atom stereocenters. The maximum Gasteiger partial charge on any atom is 0.338 e. The fraction of sp³-hybridized carbons (Fsp3) is 0.625. The Hall–Kier alpha value is -0.720. The van der Waals surface area contributed by atoms with Crippen molar-refractivity contribution in [2.75, 3.05) is 0 Å². The third-order valence-electron chi connectivity index (χ3n) is 2.11. The summed E-state index contributed by atoms with van der Waals surface area (Å²) in [4.78, 5) is 0. The Morgan fingerprint density at radius 2 is 2.33 bits per heavy atom. The second-order valence-corrected chi connectivity index (χ2v) is 3.87. The van der Waals surface area contributed by atoms with Gasteiger partial charge >= 0.3 is 5.38 Å². The summed E-state index contributed by atoms with van der Waals surface area (Å²) in [6, 6.07) is 0.404. The van der Waals surface area contributed by atoms with Gasteiger partial charge in [-0.2, -0.15) is 13.9 Å². The number of hydrazine groups is 1. The predicted octanol–water partition coefficient (Wildman–Crippen LogP) is 0.935. The van der Waals surface area contributed by atoms with Gasteiger partial charge in [-0.1, -0.05) is 0 Å². The topological polar surface area (TPSA) is 55.9 Å². The van der Waals surface area contributed by atoms with E-state index in [4.69, 9.17) is 17.4 Å². The summed E-state index contributed by atoms with van der Waals surface area (Å²) in [6.07, 6.45) is 0.0182. The lowest BCUT2D eigenvalue weighted by Crippen LogP contribution is -2.47. The van der Waals surface area contributed by atoms with E-state index in [2.05, 4.69) is 5.10 Å². The lowest BCUT2D eigenvalue weighted by Gasteiger charge is -2.20. The minimum absolute atomic E-state index is 0.0182. The highest BCUT2D eigenvalue weighted by Gasteiger charge is 2.36. The highest BCUT2D eigenvalue weighted by atomic mass is 35.5. The molecule has 1 aromatic rings. The van der Waals surface area contributed by atoms with Gasteiger partial charge in [0.1, 0.15) is 6.04 Å². The zero-order valence-electron chi connectivity index (χ0n) is 8.47. The SMILES string of the molecule is Cc1cc(CC(NN)C(F)(F)Cl)n(C)n1. The van der Waals surface area contributed by atoms with Crippen LogP contribution in [0.5, 0.6) is 0 Å². The molecule has 0 saturated heterocycles. The van der Waals surface area contributed by atoms with Gasteiger partial charge in [-0.3, -0.25) is 10.5 Å². The Kier molecular flexibility index (Phi) is 3.64. The summed E-state index contributed by atoms with van der Waals surface area (Å²) in [5, 5.41) is 0.659. The van der Waals surface area contributed by atoms with Gasteiger partial charge in [-0.25, -0.2) is 5.43 Å². The standard InChI is InChI=1S/C8H13ClF2N4/c1-5-3-6(15(2)14-5)4-7(13-12)8(9,10)11/h3,7,13H,4,12H2,1-2H3. The molecule has 0 aliphatic carbocycles. The van der Waals surface area contributed by atoms with Gasteiger partial charge in [0.05, 0.1) is 5.69 Å². The lowest BCUT2D eigenvalue weighted by molar-refractivity contribution is 0.0495. The Morgan fingerprint density at radius 1 is 1.73 bits per heavy atom. The van der Waals surface area contributed by atoms with Crippen LogP contribution >= 0.6 is 11.6 Å². The van der Waals surface area contributed by atoms with Crippen LogP contribution in [0.3, 0.4) is 0 Å². The lowest BCUT2D eigenvalue weighted by atomic mass is 10.1. The summed E-state index contributed by atoms with van der Waals surface area (Å²) in [5.74, 6) is 5.02. The number of halogens is 3. The van der Waals surface area contributed by atoms with Crippen LogP contribution in [-0.4, -0.2) is 21.2 Å². The summed E-state index contributed by atoms with van der Waals surface area (Å²) < 4.78 is 27.1. The molecule has 3 N–H and O–H groups in total. The van der Waals surface area contributed by atoms with Gasteiger partial charge in [-0.05, 0) is 24.6 Å². The van der Waals surface area contributed by atoms with Crippen LogP contribution in [0.15, 0.2) is 6.07 Å². The van der Waals surface area contributed by atoms with Crippen LogP contribution in [0.25, 0.3) is 0 Å². The number of nitrogens with two attached hydrogens (primary N) is 1. The molecule has 0 bridgehead atoms. The molecule has 0 amide bonds. The van der Waals surface area contributed by atoms with Gasteiger partial charge < -0.3 is 0 Å². The molecule has 0 spiro atoms. The zero-order chi connectivity index (χ0) is 11.6. The van der Waals surface area contributed by atoms with Gasteiger partial charge in [0, 0.05) is 19.2 Å². The first kappa shape index (κ1) is 12.4. The maximum atomic E-state index is 12.8. The Morgan fingerprint density at radius 3 is 2.67 bits per heavy atom. The molecule has 15 heavy (non-hydrogen) atoms. The first-order valence-corrected chi connectivity index (χ1v) is 4.74. The normalized spacial score (nSPS) is 14.3. The minimum Gasteiger partial charge on any atom is -0.272 e. The Labute approximate surface area is 91.4 Å². The summed E-state index contributed by atoms with van der Waals surface area (Å²) >= 11 is 4.90. The van der Waals surface area contributed by atoms with Crippen LogP contribution < -0.4 is 11.3 Å². The van der Waals surface area contributed by atoms with E-state index in [9.17, 15) is 8.78 Å². The number of aryl methyl sites for hydroxylation is 2. The van der Waals surface area contributed by atoms with Crippen LogP contribution in [0.4, 0.5) is 8.78 Å². The van der Waals surface area contributed by atoms with Crippen molar-refractivity contribution in [1.82, 2.24) is 15.2 Å². The molecular weight excluding hydrogens is 226 g/mol. The minimum atomic E-state index is -3.38. The molecular formula is C8H13ClF2N4. The molecule has 0 aliphatic heterocycles. The molecule has 1 heterocycles. The van der Waals surface area contributed by atoms with Gasteiger partial charge in [0.15, 0.2) is 0 Å². The quantitative estimate of drug-likeness (QED) is 0.466. The van der Waals surface area contributed by atoms with Crippen LogP contribution in [-0.2, 0) is 13.5 Å². The molecule has 7 heteroatoms. The van der Waals surface area contributed by atoms with Gasteiger partial charge in [0.25, 0.3) is 0 Å². The Balaban J connectivity index is 2.80. The van der Waals surface area contributed by atoms with E-state index in [-0.39, 0.29) is 6.42 Å². The largest absolute Gasteiger partial charge is 0.338 e. The van der Waals surface area contributed by atoms with Crippen molar-refractivity contribution in [3.63, 3.8) is 0 Å². The van der Waals surface area contributed by atoms with Crippen LogP contribution in [0, 0.1) is 6.92 Å². The van der Waals surface area contributed by atoms with Gasteiger partial charge in [-0.15, -0.1) is 0 Å². The first-order chi connectivity index (χ1) is 6.84. The number of aromatic nitrogens is 2. The maximum absolute atomic E-state index is 12.8. The van der Waals surface area contributed by atoms with Crippen molar-refractivity contribution in [2.24, 2.45) is 12.9 Å². The van der Waals surface area contributed by atoms with E-state index < -0.39 is 11.4 Å². The Bertz CT molecular complexity index is 334. The average molecular weight is 239 g/mol. The van der Waals surface area contributed by atoms with Crippen molar-refractivity contribution in [1.29, 1.82) is 0 Å². The van der Waals surface area contributed by atoms with Crippen LogP contribution in [0.2, 0.25) is 0 Å². The second-order valence-electron chi connectivity index (χ2n) is 3.37. The van der Waals surface area contributed by atoms with E-state index in [0.717, 1.165) is 5.69 Å². The summed E-state index contributed by atoms with van der Waals surface area (Å²) in [5.41, 5.74) is 3.42. The van der Waals surface area contributed by atoms with Crippen molar-refractivity contribution >= 4 is 11.6 Å². The monoisotopic (exact) mass is 238 g/mol. The molecule has 0 aliphatic rings. The van der Waals surface area contributed by atoms with E-state index in [1.54, 1.807) is 20.0 Å². The fourth-order valence-corrected chi connectivity index (χ4v) is 1.47. The third-order valence-corrected chi connectivity index (χ3v) is 2.37. The first-order valence-electron chi connectivity index (χ1n) is 4.37. The fourth-order valence-electron chi connectivity index (χ4n) is 1.33. The molecule has 1 aromatic heterocycles. The van der Waals surface area contributed by atoms with Crippen molar-refractivity contribution in [2.45, 2.75) is 24.8 Å². The van der Waals surface area contributed by atoms with Gasteiger partial charge in [0.2, 0.25) is 0 Å². The number of hydrogen-bond acceptors (Lipinski definition) is 3. The molecule has 0 saturated carbocycles. The molecule has 0 aromatic carbocycles. The van der Waals surface area contributed by atoms with E-state index >= 15 is 0 Å². The molecule has 4 nitrogen and oxygen atoms in total. The summed E-state index contributed by atoms with van der Waals surface area (Å²) in [6.45, 7) is 1.78. The highest BCUT2D eigenvalue weighted by molar-refractivity contribution is 6.22.